The molecule has 5 heteroatoms. The molecule has 0 saturated heterocycles. The number of rotatable bonds is 2. The van der Waals surface area contributed by atoms with Crippen molar-refractivity contribution >= 4 is 16.9 Å². The van der Waals surface area contributed by atoms with Crippen molar-refractivity contribution < 1.29 is 29.0 Å². The summed E-state index contributed by atoms with van der Waals surface area (Å²) in [6.45, 7) is 0. The van der Waals surface area contributed by atoms with E-state index in [1.54, 1.807) is 0 Å². The number of aromatic nitrogens is 3. The molecule has 0 saturated carbocycles. The van der Waals surface area contributed by atoms with Crippen molar-refractivity contribution in [3.8, 4) is 0 Å². The summed E-state index contributed by atoms with van der Waals surface area (Å²) in [7, 11) is 0. The van der Waals surface area contributed by atoms with Crippen molar-refractivity contribution in [3.63, 3.8) is 0 Å². The van der Waals surface area contributed by atoms with Crippen molar-refractivity contribution in [1.82, 2.24) is 9.97 Å². The van der Waals surface area contributed by atoms with Crippen LogP contribution in [0.1, 0.15) is 11.3 Å². The highest BCUT2D eigenvalue weighted by Gasteiger charge is 2.08. The number of nitrogens with one attached hydrogen (secondary N) is 2. The Morgan fingerprint density at radius 2 is 2.06 bits per heavy atom. The summed E-state index contributed by atoms with van der Waals surface area (Å²) in [5, 5.41) is 1.24. The molecule has 0 aliphatic heterocycles. The molecule has 0 fully saturated rings. The van der Waals surface area contributed by atoms with Gasteiger partial charge in [0.1, 0.15) is 5.69 Å². The molecule has 1 aromatic carbocycles. The number of fused-ring (bicyclic) bond motifs is 1. The number of anilines is 1. The lowest BCUT2D eigenvalue weighted by Crippen LogP contribution is -3.00. The molecule has 0 bridgehead atoms. The molecule has 0 spiro atoms. The van der Waals surface area contributed by atoms with Gasteiger partial charge in [0.2, 0.25) is 0 Å². The molecule has 4 N–H and O–H groups in total. The van der Waals surface area contributed by atoms with Crippen LogP contribution in [-0.2, 0) is 6.42 Å². The zero-order valence-corrected chi connectivity index (χ0v) is 11.8. The van der Waals surface area contributed by atoms with E-state index in [0.717, 1.165) is 17.6 Å². The molecule has 0 unspecified atom stereocenters. The monoisotopic (exact) mass is 352 g/mol. The summed E-state index contributed by atoms with van der Waals surface area (Å²) in [6.07, 6.45) is 4.62. The highest BCUT2D eigenvalue weighted by atomic mass is 127. The van der Waals surface area contributed by atoms with Crippen molar-refractivity contribution in [2.24, 2.45) is 0 Å². The fourth-order valence-electron chi connectivity index (χ4n) is 2.02. The molecule has 18 heavy (non-hydrogen) atoms. The van der Waals surface area contributed by atoms with Gasteiger partial charge in [-0.1, -0.05) is 23.2 Å². The second-order valence-electron chi connectivity index (χ2n) is 4.00. The second-order valence-corrected chi connectivity index (χ2v) is 4.00. The van der Waals surface area contributed by atoms with E-state index in [9.17, 15) is 0 Å². The average Bonchev–Trinajstić information content (AvgIpc) is 2.73. The number of hydrogen-bond donors (Lipinski definition) is 2. The van der Waals surface area contributed by atoms with Gasteiger partial charge in [0.15, 0.2) is 0 Å². The Bertz CT molecular complexity index is 663. The number of nitrogens with two attached hydrogens (primary N) is 1. The zero-order valence-electron chi connectivity index (χ0n) is 9.65. The molecule has 0 atom stereocenters. The van der Waals surface area contributed by atoms with E-state index in [-0.39, 0.29) is 24.0 Å². The van der Waals surface area contributed by atoms with Gasteiger partial charge in [-0.3, -0.25) is 5.73 Å². The standard InChI is InChI=1S/C13H12N4.HI/c14-13-15-6-5-10(17-13)7-9-8-16-12-4-2-1-3-11(9)12;/h1-6,8,16H,7H2,(H2,14,15,17);1H. The molecule has 92 valence electrons. The van der Waals surface area contributed by atoms with Gasteiger partial charge in [-0.2, -0.15) is 0 Å². The smallest absolute Gasteiger partial charge is 0.387 e. The highest BCUT2D eigenvalue weighted by molar-refractivity contribution is 5.83. The van der Waals surface area contributed by atoms with E-state index in [2.05, 4.69) is 27.1 Å². The zero-order chi connectivity index (χ0) is 11.7. The molecule has 2 heterocycles. The van der Waals surface area contributed by atoms with Crippen molar-refractivity contribution in [2.45, 2.75) is 6.42 Å². The van der Waals surface area contributed by atoms with Crippen LogP contribution in [0.2, 0.25) is 0 Å². The highest BCUT2D eigenvalue weighted by Crippen LogP contribution is 2.19. The average molecular weight is 352 g/mol. The summed E-state index contributed by atoms with van der Waals surface area (Å²) in [4.78, 5) is 10.4. The molecule has 4 nitrogen and oxygen atoms in total. The molecule has 0 aliphatic rings. The summed E-state index contributed by atoms with van der Waals surface area (Å²) >= 11 is 0. The number of nitrogen functional groups attached to an aromatic ring is 1. The summed E-state index contributed by atoms with van der Waals surface area (Å²) in [5.41, 5.74) is 8.98. The lowest BCUT2D eigenvalue weighted by molar-refractivity contribution is -0.364. The van der Waals surface area contributed by atoms with Crippen LogP contribution in [0.4, 0.5) is 5.95 Å². The first kappa shape index (κ1) is 12.8. The topological polar surface area (TPSA) is 68.8 Å². The third kappa shape index (κ3) is 2.45. The largest absolute Gasteiger partial charge is 1.00 e. The third-order valence-electron chi connectivity index (χ3n) is 2.82. The Labute approximate surface area is 122 Å². The fourth-order valence-corrected chi connectivity index (χ4v) is 2.02. The fraction of sp³-hybridized carbons (Fsp3) is 0.0769. The number of hydrogen-bond acceptors (Lipinski definition) is 2. The van der Waals surface area contributed by atoms with Crippen molar-refractivity contribution in [2.75, 3.05) is 5.73 Å². The molecule has 0 aliphatic carbocycles. The molecular weight excluding hydrogens is 339 g/mol. The van der Waals surface area contributed by atoms with Crippen LogP contribution in [0.25, 0.3) is 10.9 Å². The van der Waals surface area contributed by atoms with Gasteiger partial charge in [-0.25, -0.2) is 4.98 Å². The van der Waals surface area contributed by atoms with Crippen molar-refractivity contribution in [1.29, 1.82) is 0 Å². The van der Waals surface area contributed by atoms with Crippen LogP contribution in [-0.4, -0.2) is 9.97 Å². The van der Waals surface area contributed by atoms with Gasteiger partial charge >= 0.3 is 5.95 Å². The maximum atomic E-state index is 5.63. The lowest BCUT2D eigenvalue weighted by Gasteiger charge is -1.96. The predicted molar refractivity (Wildman–Crippen MR) is 66.3 cm³/mol. The predicted octanol–water partition coefficient (Wildman–Crippen LogP) is -1.45. The number of halogens is 1. The quantitative estimate of drug-likeness (QED) is 0.555. The minimum Gasteiger partial charge on any atom is -1.00 e. The van der Waals surface area contributed by atoms with E-state index >= 15 is 0 Å². The van der Waals surface area contributed by atoms with Crippen LogP contribution in [0, 0.1) is 0 Å². The van der Waals surface area contributed by atoms with Crippen molar-refractivity contribution in [3.05, 3.63) is 54.0 Å². The molecular formula is C13H13IN4. The number of benzene rings is 1. The lowest BCUT2D eigenvalue weighted by atomic mass is 10.1. The number of H-pyrrole nitrogens is 2. The Hall–Kier alpha value is -1.63. The van der Waals surface area contributed by atoms with E-state index < -0.39 is 0 Å². The molecule has 3 aromatic rings. The van der Waals surface area contributed by atoms with E-state index in [4.69, 9.17) is 5.73 Å². The Morgan fingerprint density at radius 1 is 1.22 bits per heavy atom. The van der Waals surface area contributed by atoms with Crippen LogP contribution in [0.5, 0.6) is 0 Å². The van der Waals surface area contributed by atoms with Crippen LogP contribution in [0.15, 0.2) is 42.7 Å². The number of nitrogens with zero attached hydrogens (tertiary/aromatic N) is 1. The summed E-state index contributed by atoms with van der Waals surface area (Å²) in [5.74, 6) is 0.447. The minimum absolute atomic E-state index is 0. The maximum absolute atomic E-state index is 5.63. The van der Waals surface area contributed by atoms with Gasteiger partial charge in [0.05, 0.1) is 6.20 Å². The van der Waals surface area contributed by atoms with Crippen LogP contribution >= 0.6 is 0 Å². The van der Waals surface area contributed by atoms with Gasteiger partial charge in [-0.05, 0) is 11.6 Å². The third-order valence-corrected chi connectivity index (χ3v) is 2.82. The first-order valence-corrected chi connectivity index (χ1v) is 5.51. The molecule has 0 radical (unpaired) electrons. The van der Waals surface area contributed by atoms with E-state index in [1.807, 2.05) is 30.6 Å². The van der Waals surface area contributed by atoms with E-state index in [0.29, 0.717) is 5.95 Å². The normalized spacial score (nSPS) is 10.2. The van der Waals surface area contributed by atoms with Crippen LogP contribution in [0.3, 0.4) is 0 Å². The Balaban J connectivity index is 0.00000120. The Kier molecular flexibility index (Phi) is 3.81. The molecule has 0 amide bonds. The van der Waals surface area contributed by atoms with Gasteiger partial charge in [0.25, 0.3) is 0 Å². The minimum atomic E-state index is 0. The van der Waals surface area contributed by atoms with E-state index in [1.165, 1.54) is 10.9 Å². The summed E-state index contributed by atoms with van der Waals surface area (Å²) < 4.78 is 0. The van der Waals surface area contributed by atoms with Gasteiger partial charge in [0, 0.05) is 29.6 Å². The number of para-hydroxylation sites is 1. The van der Waals surface area contributed by atoms with Crippen LogP contribution < -0.4 is 34.7 Å². The Morgan fingerprint density at radius 3 is 2.89 bits per heavy atom. The van der Waals surface area contributed by atoms with Gasteiger partial charge in [-0.15, -0.1) is 0 Å². The maximum Gasteiger partial charge on any atom is 0.387 e. The first-order chi connectivity index (χ1) is 8.33. The second kappa shape index (κ2) is 5.34. The molecule has 2 aromatic heterocycles. The summed E-state index contributed by atoms with van der Waals surface area (Å²) in [6, 6.07) is 10.2. The SMILES string of the molecule is Nc1nc(Cc2c[nH]c3ccccc23)cc[nH+]1.[I-]. The number of aromatic amines is 2. The molecule has 3 rings (SSSR count). The van der Waals surface area contributed by atoms with Gasteiger partial charge < -0.3 is 29.0 Å². The first-order valence-electron chi connectivity index (χ1n) is 5.51.